The van der Waals surface area contributed by atoms with Gasteiger partial charge < -0.3 is 9.13 Å². The lowest BCUT2D eigenvalue weighted by molar-refractivity contribution is 1.04. The predicted molar refractivity (Wildman–Crippen MR) is 144 cm³/mol. The molecule has 0 saturated carbocycles. The monoisotopic (exact) mass is 440 g/mol. The smallest absolute Gasteiger partial charge is 0.0534 e. The molecule has 0 atom stereocenters. The fourth-order valence-electron chi connectivity index (χ4n) is 5.33. The number of para-hydroxylation sites is 2. The van der Waals surface area contributed by atoms with Gasteiger partial charge in [0.2, 0.25) is 0 Å². The van der Waals surface area contributed by atoms with Gasteiger partial charge in [0.15, 0.2) is 0 Å². The van der Waals surface area contributed by atoms with Gasteiger partial charge in [0.1, 0.15) is 0 Å². The molecule has 0 aliphatic carbocycles. The van der Waals surface area contributed by atoms with E-state index in [-0.39, 0.29) is 0 Å². The van der Waals surface area contributed by atoms with Crippen LogP contribution in [0.15, 0.2) is 97.1 Å². The van der Waals surface area contributed by atoms with Crippen molar-refractivity contribution in [2.75, 3.05) is 0 Å². The Bertz CT molecular complexity index is 1530. The minimum absolute atomic E-state index is 1.20. The van der Waals surface area contributed by atoms with Crippen molar-refractivity contribution in [3.8, 4) is 22.5 Å². The van der Waals surface area contributed by atoms with Crippen LogP contribution in [0.4, 0.5) is 0 Å². The summed E-state index contributed by atoms with van der Waals surface area (Å²) < 4.78 is 4.72. The summed E-state index contributed by atoms with van der Waals surface area (Å²) in [5.41, 5.74) is 12.7. The molecule has 4 aromatic carbocycles. The molecule has 0 spiro atoms. The van der Waals surface area contributed by atoms with Crippen LogP contribution in [0.3, 0.4) is 0 Å². The number of aromatic nitrogens is 2. The van der Waals surface area contributed by atoms with E-state index in [1.807, 2.05) is 0 Å². The van der Waals surface area contributed by atoms with Gasteiger partial charge in [0.05, 0.1) is 11.0 Å². The van der Waals surface area contributed by atoms with Crippen molar-refractivity contribution in [1.29, 1.82) is 0 Å². The number of aryl methyl sites for hydroxylation is 2. The molecule has 6 rings (SSSR count). The zero-order chi connectivity index (χ0) is 23.4. The highest BCUT2D eigenvalue weighted by Gasteiger charge is 2.13. The number of benzene rings is 4. The first-order valence-corrected chi connectivity index (χ1v) is 11.9. The molecule has 0 saturated heterocycles. The van der Waals surface area contributed by atoms with E-state index in [0.29, 0.717) is 0 Å². The molecule has 0 aliphatic heterocycles. The van der Waals surface area contributed by atoms with Crippen LogP contribution in [0.5, 0.6) is 0 Å². The van der Waals surface area contributed by atoms with Gasteiger partial charge in [-0.2, -0.15) is 0 Å². The Morgan fingerprint density at radius 2 is 0.765 bits per heavy atom. The summed E-state index contributed by atoms with van der Waals surface area (Å²) in [7, 11) is 0. The summed E-state index contributed by atoms with van der Waals surface area (Å²) in [4.78, 5) is 0. The minimum atomic E-state index is 1.20. The van der Waals surface area contributed by atoms with Crippen LogP contribution in [0.1, 0.15) is 22.5 Å². The van der Waals surface area contributed by atoms with Gasteiger partial charge in [-0.25, -0.2) is 0 Å². The maximum atomic E-state index is 2.36. The second-order valence-corrected chi connectivity index (χ2v) is 9.22. The third kappa shape index (κ3) is 3.03. The topological polar surface area (TPSA) is 9.86 Å². The number of hydrogen-bond donors (Lipinski definition) is 0. The van der Waals surface area contributed by atoms with E-state index < -0.39 is 0 Å². The van der Waals surface area contributed by atoms with Crippen molar-refractivity contribution in [3.05, 3.63) is 120 Å². The molecule has 0 amide bonds. The van der Waals surface area contributed by atoms with E-state index >= 15 is 0 Å². The molecule has 0 N–H and O–H groups in total. The Balaban J connectivity index is 1.36. The lowest BCUT2D eigenvalue weighted by atomic mass is 10.0. The fraction of sp³-hybridized carbons (Fsp3) is 0.125. The Labute approximate surface area is 200 Å². The van der Waals surface area contributed by atoms with Crippen LogP contribution < -0.4 is 0 Å². The second kappa shape index (κ2) is 7.78. The lowest BCUT2D eigenvalue weighted by Crippen LogP contribution is -1.97. The zero-order valence-corrected chi connectivity index (χ0v) is 20.1. The number of nitrogens with zero attached hydrogens (tertiary/aromatic N) is 2. The van der Waals surface area contributed by atoms with Crippen LogP contribution >= 0.6 is 0 Å². The number of rotatable bonds is 3. The lowest BCUT2D eigenvalue weighted by Gasteiger charge is -2.12. The summed E-state index contributed by atoms with van der Waals surface area (Å²) in [6, 6.07) is 35.1. The molecule has 6 aromatic rings. The van der Waals surface area contributed by atoms with Crippen LogP contribution in [-0.4, -0.2) is 9.13 Å². The van der Waals surface area contributed by atoms with E-state index in [9.17, 15) is 0 Å². The highest BCUT2D eigenvalue weighted by Crippen LogP contribution is 2.31. The van der Waals surface area contributed by atoms with E-state index in [1.54, 1.807) is 0 Å². The van der Waals surface area contributed by atoms with Crippen molar-refractivity contribution >= 4 is 21.8 Å². The molecule has 34 heavy (non-hydrogen) atoms. The van der Waals surface area contributed by atoms with Crippen molar-refractivity contribution < 1.29 is 0 Å². The van der Waals surface area contributed by atoms with Crippen molar-refractivity contribution in [2.45, 2.75) is 27.7 Å². The Morgan fingerprint density at radius 1 is 0.412 bits per heavy atom. The quantitative estimate of drug-likeness (QED) is 0.261. The van der Waals surface area contributed by atoms with E-state index in [1.165, 1.54) is 66.8 Å². The average molecular weight is 441 g/mol. The highest BCUT2D eigenvalue weighted by molar-refractivity contribution is 5.88. The Hall–Kier alpha value is -4.04. The van der Waals surface area contributed by atoms with Crippen LogP contribution in [0, 0.1) is 27.7 Å². The van der Waals surface area contributed by atoms with Crippen LogP contribution in [-0.2, 0) is 0 Å². The maximum Gasteiger partial charge on any atom is 0.0534 e. The fourth-order valence-corrected chi connectivity index (χ4v) is 5.33. The standard InChI is InChI=1S/C32H28N2/c1-21-23(3)33(31-11-7-5-9-29(21)31)27-17-13-25(14-18-27)26-15-19-28(20-16-26)34-24(4)22(2)30-10-6-8-12-32(30)34/h5-20H,1-4H3. The molecule has 0 radical (unpaired) electrons. The van der Waals surface area contributed by atoms with Crippen LogP contribution in [0.25, 0.3) is 44.3 Å². The first-order valence-electron chi connectivity index (χ1n) is 11.9. The first-order chi connectivity index (χ1) is 16.5. The van der Waals surface area contributed by atoms with Crippen molar-refractivity contribution in [1.82, 2.24) is 9.13 Å². The molecule has 0 bridgehead atoms. The average Bonchev–Trinajstić information content (AvgIpc) is 3.29. The summed E-state index contributed by atoms with van der Waals surface area (Å²) in [6.07, 6.45) is 0. The van der Waals surface area contributed by atoms with Gasteiger partial charge in [-0.3, -0.25) is 0 Å². The van der Waals surface area contributed by atoms with E-state index in [4.69, 9.17) is 0 Å². The van der Waals surface area contributed by atoms with Gasteiger partial charge in [0, 0.05) is 33.5 Å². The third-order valence-corrected chi connectivity index (χ3v) is 7.44. The van der Waals surface area contributed by atoms with Gasteiger partial charge in [-0.05, 0) is 86.3 Å². The Kier molecular flexibility index (Phi) is 4.70. The summed E-state index contributed by atoms with van der Waals surface area (Å²) in [5, 5.41) is 2.64. The van der Waals surface area contributed by atoms with Gasteiger partial charge >= 0.3 is 0 Å². The Morgan fingerprint density at radius 3 is 1.15 bits per heavy atom. The van der Waals surface area contributed by atoms with Crippen molar-refractivity contribution in [3.63, 3.8) is 0 Å². The first kappa shape index (κ1) is 20.6. The number of fused-ring (bicyclic) bond motifs is 2. The zero-order valence-electron chi connectivity index (χ0n) is 20.1. The number of hydrogen-bond acceptors (Lipinski definition) is 0. The summed E-state index contributed by atoms with van der Waals surface area (Å²) in [5.74, 6) is 0. The van der Waals surface area contributed by atoms with Gasteiger partial charge in [-0.15, -0.1) is 0 Å². The van der Waals surface area contributed by atoms with Gasteiger partial charge in [0.25, 0.3) is 0 Å². The molecular formula is C32H28N2. The molecule has 2 heteroatoms. The second-order valence-electron chi connectivity index (χ2n) is 9.22. The minimum Gasteiger partial charge on any atom is -0.314 e. The maximum absolute atomic E-state index is 2.36. The van der Waals surface area contributed by atoms with Crippen molar-refractivity contribution in [2.24, 2.45) is 0 Å². The molecule has 2 heterocycles. The SMILES string of the molecule is Cc1c(C)n(-c2ccc(-c3ccc(-n4c(C)c(C)c5ccccc54)cc3)cc2)c2ccccc12. The molecule has 166 valence electrons. The predicted octanol–water partition coefficient (Wildman–Crippen LogP) is 8.48. The molecule has 0 fully saturated rings. The highest BCUT2D eigenvalue weighted by atomic mass is 15.0. The normalized spacial score (nSPS) is 11.5. The largest absolute Gasteiger partial charge is 0.314 e. The van der Waals surface area contributed by atoms with E-state index in [0.717, 1.165) is 0 Å². The molecule has 0 aliphatic rings. The summed E-state index contributed by atoms with van der Waals surface area (Å²) >= 11 is 0. The third-order valence-electron chi connectivity index (χ3n) is 7.44. The molecule has 2 nitrogen and oxygen atoms in total. The molecular weight excluding hydrogens is 412 g/mol. The van der Waals surface area contributed by atoms with Gasteiger partial charge in [-0.1, -0.05) is 60.7 Å². The van der Waals surface area contributed by atoms with Crippen LogP contribution in [0.2, 0.25) is 0 Å². The molecule has 0 unspecified atom stereocenters. The molecule has 2 aromatic heterocycles. The summed E-state index contributed by atoms with van der Waals surface area (Å²) in [6.45, 7) is 8.83. The van der Waals surface area contributed by atoms with E-state index in [2.05, 4.69) is 134 Å².